The number of fused-ring (bicyclic) bond motifs is 2. The molecule has 0 saturated heterocycles. The molecule has 0 radical (unpaired) electrons. The Labute approximate surface area is 95.1 Å². The van der Waals surface area contributed by atoms with E-state index in [1.165, 1.54) is 30.6 Å². The van der Waals surface area contributed by atoms with E-state index in [1.807, 2.05) is 0 Å². The summed E-state index contributed by atoms with van der Waals surface area (Å²) >= 11 is 0. The van der Waals surface area contributed by atoms with Gasteiger partial charge in [0.1, 0.15) is 5.82 Å². The van der Waals surface area contributed by atoms with Crippen molar-refractivity contribution in [2.24, 2.45) is 17.8 Å². The predicted octanol–water partition coefficient (Wildman–Crippen LogP) is 3.15. The Balaban J connectivity index is 1.57. The third-order valence-corrected chi connectivity index (χ3v) is 4.26. The summed E-state index contributed by atoms with van der Waals surface area (Å²) in [5, 5.41) is 0. The monoisotopic (exact) mass is 212 g/mol. The highest BCUT2D eigenvalue weighted by Gasteiger charge is 2.45. The topological polar surface area (TPSA) is 28.7 Å². The zero-order valence-corrected chi connectivity index (χ0v) is 9.32. The minimum absolute atomic E-state index is 0.893. The van der Waals surface area contributed by atoms with Crippen LogP contribution in [0.25, 0.3) is 11.0 Å². The number of H-pyrrole nitrogens is 1. The third kappa shape index (κ3) is 1.36. The van der Waals surface area contributed by atoms with Gasteiger partial charge in [-0.25, -0.2) is 4.98 Å². The molecule has 4 rings (SSSR count). The minimum Gasteiger partial charge on any atom is -0.342 e. The smallest absolute Gasteiger partial charge is 0.107 e. The summed E-state index contributed by atoms with van der Waals surface area (Å²) in [6.07, 6.45) is 5.56. The van der Waals surface area contributed by atoms with Crippen molar-refractivity contribution in [3.63, 3.8) is 0 Å². The molecule has 2 saturated carbocycles. The van der Waals surface area contributed by atoms with Gasteiger partial charge in [0.25, 0.3) is 0 Å². The van der Waals surface area contributed by atoms with Crippen LogP contribution in [0.4, 0.5) is 0 Å². The van der Waals surface area contributed by atoms with Crippen molar-refractivity contribution >= 4 is 11.0 Å². The second-order valence-corrected chi connectivity index (χ2v) is 5.50. The summed E-state index contributed by atoms with van der Waals surface area (Å²) in [6, 6.07) is 8.31. The van der Waals surface area contributed by atoms with E-state index in [-0.39, 0.29) is 0 Å². The van der Waals surface area contributed by atoms with Gasteiger partial charge in [0, 0.05) is 6.42 Å². The summed E-state index contributed by atoms with van der Waals surface area (Å²) in [5.41, 5.74) is 2.29. The van der Waals surface area contributed by atoms with Crippen molar-refractivity contribution in [2.45, 2.75) is 25.7 Å². The van der Waals surface area contributed by atoms with Gasteiger partial charge in [-0.3, -0.25) is 0 Å². The fourth-order valence-corrected chi connectivity index (χ4v) is 3.38. The van der Waals surface area contributed by atoms with Crippen molar-refractivity contribution in [2.75, 3.05) is 0 Å². The van der Waals surface area contributed by atoms with Crippen LogP contribution in [0.1, 0.15) is 25.1 Å². The molecule has 1 aromatic carbocycles. The molecule has 0 bridgehead atoms. The molecule has 82 valence electrons. The molecule has 0 spiro atoms. The lowest BCUT2D eigenvalue weighted by Crippen LogP contribution is -2.03. The summed E-state index contributed by atoms with van der Waals surface area (Å²) < 4.78 is 0. The Hall–Kier alpha value is -1.31. The number of para-hydroxylation sites is 2. The molecule has 0 aliphatic heterocycles. The normalized spacial score (nSPS) is 31.9. The zero-order chi connectivity index (χ0) is 10.5. The lowest BCUT2D eigenvalue weighted by Gasteiger charge is -2.08. The van der Waals surface area contributed by atoms with E-state index >= 15 is 0 Å². The van der Waals surface area contributed by atoms with Crippen LogP contribution in [0.15, 0.2) is 24.3 Å². The number of imidazole rings is 1. The largest absolute Gasteiger partial charge is 0.342 e. The molecule has 2 unspecified atom stereocenters. The molecule has 2 fully saturated rings. The highest BCUT2D eigenvalue weighted by molar-refractivity contribution is 5.74. The van der Waals surface area contributed by atoms with E-state index in [9.17, 15) is 0 Å². The number of nitrogens with zero attached hydrogens (tertiary/aromatic N) is 1. The first-order valence-electron chi connectivity index (χ1n) is 6.32. The maximum Gasteiger partial charge on any atom is 0.107 e. The summed E-state index contributed by atoms with van der Waals surface area (Å²) in [4.78, 5) is 8.10. The van der Waals surface area contributed by atoms with Crippen LogP contribution in [0.5, 0.6) is 0 Å². The van der Waals surface area contributed by atoms with Crippen LogP contribution in [-0.2, 0) is 6.42 Å². The van der Waals surface area contributed by atoms with Crippen LogP contribution in [0.2, 0.25) is 0 Å². The van der Waals surface area contributed by atoms with Gasteiger partial charge in [-0.05, 0) is 49.1 Å². The third-order valence-electron chi connectivity index (χ3n) is 4.26. The average Bonchev–Trinajstić information content (AvgIpc) is 2.75. The van der Waals surface area contributed by atoms with Gasteiger partial charge in [-0.1, -0.05) is 12.1 Å². The van der Waals surface area contributed by atoms with E-state index in [0.29, 0.717) is 0 Å². The maximum atomic E-state index is 4.66. The highest BCUT2D eigenvalue weighted by atomic mass is 14.9. The van der Waals surface area contributed by atoms with Gasteiger partial charge in [0.15, 0.2) is 0 Å². The van der Waals surface area contributed by atoms with Crippen LogP contribution in [0, 0.1) is 17.8 Å². The second kappa shape index (κ2) is 3.09. The zero-order valence-electron chi connectivity index (χ0n) is 9.32. The van der Waals surface area contributed by atoms with Crippen LogP contribution >= 0.6 is 0 Å². The molecule has 1 heterocycles. The van der Waals surface area contributed by atoms with Gasteiger partial charge in [0.05, 0.1) is 11.0 Å². The second-order valence-electron chi connectivity index (χ2n) is 5.50. The van der Waals surface area contributed by atoms with E-state index < -0.39 is 0 Å². The number of aromatic nitrogens is 2. The lowest BCUT2D eigenvalue weighted by molar-refractivity contribution is 0.476. The average molecular weight is 212 g/mol. The van der Waals surface area contributed by atoms with Crippen molar-refractivity contribution in [1.82, 2.24) is 9.97 Å². The number of benzene rings is 1. The predicted molar refractivity (Wildman–Crippen MR) is 64.1 cm³/mol. The number of hydrogen-bond donors (Lipinski definition) is 1. The Kier molecular flexibility index (Phi) is 1.70. The molecule has 1 N–H and O–H groups in total. The first-order valence-corrected chi connectivity index (χ1v) is 6.32. The molecule has 1 aromatic heterocycles. The van der Waals surface area contributed by atoms with Gasteiger partial charge >= 0.3 is 0 Å². The minimum atomic E-state index is 0.893. The molecule has 0 amide bonds. The molecule has 2 nitrogen and oxygen atoms in total. The first-order chi connectivity index (χ1) is 7.88. The molecule has 3 atom stereocenters. The SMILES string of the molecule is c1ccc2[nH]c(CC3CC4C[C@H]4C3)nc2c1. The molecular formula is C14H16N2. The van der Waals surface area contributed by atoms with Crippen molar-refractivity contribution in [1.29, 1.82) is 0 Å². The number of nitrogens with one attached hydrogen (secondary N) is 1. The van der Waals surface area contributed by atoms with Gasteiger partial charge in [0.2, 0.25) is 0 Å². The first kappa shape index (κ1) is 8.80. The van der Waals surface area contributed by atoms with E-state index in [0.717, 1.165) is 29.7 Å². The Bertz CT molecular complexity index is 485. The quantitative estimate of drug-likeness (QED) is 0.814. The van der Waals surface area contributed by atoms with E-state index in [4.69, 9.17) is 0 Å². The lowest BCUT2D eigenvalue weighted by atomic mass is 9.99. The summed E-state index contributed by atoms with van der Waals surface area (Å²) in [6.45, 7) is 0. The number of hydrogen-bond acceptors (Lipinski definition) is 1. The molecular weight excluding hydrogens is 196 g/mol. The van der Waals surface area contributed by atoms with Crippen LogP contribution in [-0.4, -0.2) is 9.97 Å². The molecule has 2 heteroatoms. The number of rotatable bonds is 2. The molecule has 2 aliphatic carbocycles. The fourth-order valence-electron chi connectivity index (χ4n) is 3.38. The Morgan fingerprint density at radius 3 is 2.75 bits per heavy atom. The molecule has 2 aliphatic rings. The number of aromatic amines is 1. The van der Waals surface area contributed by atoms with E-state index in [2.05, 4.69) is 34.2 Å². The standard InChI is InChI=1S/C14H16N2/c1-2-4-13-12(3-1)15-14(16-13)7-9-5-10-8-11(10)6-9/h1-4,9-11H,5-8H2,(H,15,16)/t9?,10-,11?/m1/s1. The van der Waals surface area contributed by atoms with Crippen molar-refractivity contribution in [3.8, 4) is 0 Å². The summed E-state index contributed by atoms with van der Waals surface area (Å²) in [7, 11) is 0. The van der Waals surface area contributed by atoms with Crippen LogP contribution in [0.3, 0.4) is 0 Å². The van der Waals surface area contributed by atoms with Crippen molar-refractivity contribution in [3.05, 3.63) is 30.1 Å². The van der Waals surface area contributed by atoms with Gasteiger partial charge in [-0.15, -0.1) is 0 Å². The maximum absolute atomic E-state index is 4.66. The van der Waals surface area contributed by atoms with Gasteiger partial charge < -0.3 is 4.98 Å². The Morgan fingerprint density at radius 2 is 1.94 bits per heavy atom. The summed E-state index contributed by atoms with van der Waals surface area (Å²) in [5.74, 6) is 4.24. The van der Waals surface area contributed by atoms with Crippen molar-refractivity contribution < 1.29 is 0 Å². The van der Waals surface area contributed by atoms with E-state index in [1.54, 1.807) is 0 Å². The Morgan fingerprint density at radius 1 is 1.12 bits per heavy atom. The fraction of sp³-hybridized carbons (Fsp3) is 0.500. The van der Waals surface area contributed by atoms with Crippen LogP contribution < -0.4 is 0 Å². The molecule has 2 aromatic rings. The molecule has 16 heavy (non-hydrogen) atoms. The highest BCUT2D eigenvalue weighted by Crippen LogP contribution is 2.54. The van der Waals surface area contributed by atoms with Gasteiger partial charge in [-0.2, -0.15) is 0 Å².